The van der Waals surface area contributed by atoms with Crippen LogP contribution in [0, 0.1) is 17.8 Å². The van der Waals surface area contributed by atoms with Crippen LogP contribution in [0.4, 0.5) is 0 Å². The Kier molecular flexibility index (Phi) is 16.8. The van der Waals surface area contributed by atoms with E-state index in [0.29, 0.717) is 0 Å². The zero-order valence-electron chi connectivity index (χ0n) is 17.0. The summed E-state index contributed by atoms with van der Waals surface area (Å²) in [6, 6.07) is 0. The SMILES string of the molecule is CCCC(C)CCCC(CCC)CCC(CC)CCCOCC. The molecule has 0 aromatic heterocycles. The van der Waals surface area contributed by atoms with Gasteiger partial charge in [-0.15, -0.1) is 0 Å². The van der Waals surface area contributed by atoms with E-state index in [-0.39, 0.29) is 0 Å². The molecule has 0 radical (unpaired) electrons. The number of hydrogen-bond acceptors (Lipinski definition) is 1. The molecule has 0 aromatic carbocycles. The van der Waals surface area contributed by atoms with Crippen molar-refractivity contribution in [1.82, 2.24) is 0 Å². The van der Waals surface area contributed by atoms with E-state index >= 15 is 0 Å². The molecule has 0 aromatic rings. The molecule has 0 aliphatic rings. The Morgan fingerprint density at radius 1 is 0.652 bits per heavy atom. The van der Waals surface area contributed by atoms with Crippen molar-refractivity contribution in [2.45, 2.75) is 112 Å². The van der Waals surface area contributed by atoms with E-state index in [2.05, 4.69) is 34.6 Å². The molecule has 0 heterocycles. The Balaban J connectivity index is 3.94. The van der Waals surface area contributed by atoms with Gasteiger partial charge in [-0.1, -0.05) is 91.9 Å². The molecule has 0 fully saturated rings. The molecule has 0 amide bonds. The second kappa shape index (κ2) is 16.8. The fraction of sp³-hybridized carbons (Fsp3) is 1.00. The minimum Gasteiger partial charge on any atom is -0.382 e. The minimum atomic E-state index is 0.867. The van der Waals surface area contributed by atoms with Gasteiger partial charge in [0.25, 0.3) is 0 Å². The summed E-state index contributed by atoms with van der Waals surface area (Å²) >= 11 is 0. The van der Waals surface area contributed by atoms with Crippen molar-refractivity contribution >= 4 is 0 Å². The highest BCUT2D eigenvalue weighted by atomic mass is 16.5. The van der Waals surface area contributed by atoms with Crippen LogP contribution in [0.15, 0.2) is 0 Å². The van der Waals surface area contributed by atoms with E-state index in [1.54, 1.807) is 0 Å². The van der Waals surface area contributed by atoms with Crippen LogP contribution < -0.4 is 0 Å². The predicted molar refractivity (Wildman–Crippen MR) is 105 cm³/mol. The first-order valence-corrected chi connectivity index (χ1v) is 10.7. The topological polar surface area (TPSA) is 9.23 Å². The minimum absolute atomic E-state index is 0.867. The third kappa shape index (κ3) is 14.0. The Hall–Kier alpha value is -0.0400. The van der Waals surface area contributed by atoms with Crippen LogP contribution in [0.1, 0.15) is 112 Å². The fourth-order valence-corrected chi connectivity index (χ4v) is 3.88. The molecule has 0 saturated heterocycles. The van der Waals surface area contributed by atoms with E-state index in [4.69, 9.17) is 4.74 Å². The number of hydrogen-bond donors (Lipinski definition) is 0. The Morgan fingerprint density at radius 2 is 1.30 bits per heavy atom. The summed E-state index contributed by atoms with van der Waals surface area (Å²) in [5, 5.41) is 0. The van der Waals surface area contributed by atoms with Crippen LogP contribution >= 0.6 is 0 Å². The van der Waals surface area contributed by atoms with Gasteiger partial charge >= 0.3 is 0 Å². The monoisotopic (exact) mass is 326 g/mol. The summed E-state index contributed by atoms with van der Waals surface area (Å²) < 4.78 is 5.49. The molecule has 23 heavy (non-hydrogen) atoms. The van der Waals surface area contributed by atoms with Crippen molar-refractivity contribution in [2.75, 3.05) is 13.2 Å². The van der Waals surface area contributed by atoms with Crippen LogP contribution in [0.3, 0.4) is 0 Å². The predicted octanol–water partition coefficient (Wildman–Crippen LogP) is 7.63. The average Bonchev–Trinajstić information content (AvgIpc) is 2.54. The van der Waals surface area contributed by atoms with Crippen molar-refractivity contribution in [1.29, 1.82) is 0 Å². The van der Waals surface area contributed by atoms with Gasteiger partial charge < -0.3 is 4.74 Å². The highest BCUT2D eigenvalue weighted by molar-refractivity contribution is 4.65. The standard InChI is InChI=1S/C22H46O/c1-6-12-20(5)14-10-15-22(13-7-2)18-17-21(8-3)16-11-19-23-9-4/h20-22H,6-19H2,1-5H3. The second-order valence-electron chi connectivity index (χ2n) is 7.67. The smallest absolute Gasteiger partial charge is 0.0465 e. The van der Waals surface area contributed by atoms with Gasteiger partial charge in [0.1, 0.15) is 0 Å². The molecule has 0 N–H and O–H groups in total. The van der Waals surface area contributed by atoms with Gasteiger partial charge in [-0.3, -0.25) is 0 Å². The Labute approximate surface area is 148 Å². The van der Waals surface area contributed by atoms with E-state index in [0.717, 1.165) is 31.0 Å². The molecule has 0 rings (SSSR count). The summed E-state index contributed by atoms with van der Waals surface area (Å²) in [4.78, 5) is 0. The van der Waals surface area contributed by atoms with E-state index in [9.17, 15) is 0 Å². The highest BCUT2D eigenvalue weighted by Gasteiger charge is 2.13. The molecule has 0 spiro atoms. The first-order valence-electron chi connectivity index (χ1n) is 10.7. The summed E-state index contributed by atoms with van der Waals surface area (Å²) in [5.74, 6) is 2.84. The maximum Gasteiger partial charge on any atom is 0.0465 e. The van der Waals surface area contributed by atoms with E-state index in [1.165, 1.54) is 77.0 Å². The molecule has 140 valence electrons. The van der Waals surface area contributed by atoms with Crippen LogP contribution in [-0.2, 0) is 4.74 Å². The molecule has 1 nitrogen and oxygen atoms in total. The third-order valence-electron chi connectivity index (χ3n) is 5.45. The van der Waals surface area contributed by atoms with Gasteiger partial charge in [0.05, 0.1) is 0 Å². The lowest BCUT2D eigenvalue weighted by atomic mass is 9.85. The van der Waals surface area contributed by atoms with E-state index in [1.807, 2.05) is 0 Å². The lowest BCUT2D eigenvalue weighted by Gasteiger charge is -2.21. The third-order valence-corrected chi connectivity index (χ3v) is 5.45. The summed E-state index contributed by atoms with van der Waals surface area (Å²) in [7, 11) is 0. The summed E-state index contributed by atoms with van der Waals surface area (Å²) in [6.45, 7) is 13.4. The number of ether oxygens (including phenoxy) is 1. The maximum atomic E-state index is 5.49. The van der Waals surface area contributed by atoms with E-state index < -0.39 is 0 Å². The van der Waals surface area contributed by atoms with Gasteiger partial charge in [0.2, 0.25) is 0 Å². The summed E-state index contributed by atoms with van der Waals surface area (Å²) in [5.41, 5.74) is 0. The van der Waals surface area contributed by atoms with Crippen molar-refractivity contribution in [3.8, 4) is 0 Å². The first kappa shape index (κ1) is 23.0. The average molecular weight is 327 g/mol. The molecule has 1 heteroatoms. The first-order chi connectivity index (χ1) is 11.2. The van der Waals surface area contributed by atoms with Crippen molar-refractivity contribution in [2.24, 2.45) is 17.8 Å². The van der Waals surface area contributed by atoms with Gasteiger partial charge in [-0.2, -0.15) is 0 Å². The number of rotatable bonds is 17. The largest absolute Gasteiger partial charge is 0.382 e. The highest BCUT2D eigenvalue weighted by Crippen LogP contribution is 2.27. The van der Waals surface area contributed by atoms with Crippen molar-refractivity contribution in [3.63, 3.8) is 0 Å². The molecule has 0 aliphatic heterocycles. The van der Waals surface area contributed by atoms with Crippen molar-refractivity contribution in [3.05, 3.63) is 0 Å². The van der Waals surface area contributed by atoms with Crippen LogP contribution in [0.5, 0.6) is 0 Å². The fourth-order valence-electron chi connectivity index (χ4n) is 3.88. The van der Waals surface area contributed by atoms with Crippen LogP contribution in [0.2, 0.25) is 0 Å². The normalized spacial score (nSPS) is 15.5. The zero-order valence-corrected chi connectivity index (χ0v) is 17.0. The second-order valence-corrected chi connectivity index (χ2v) is 7.67. The Morgan fingerprint density at radius 3 is 1.91 bits per heavy atom. The molecule has 0 saturated carbocycles. The molecule has 0 bridgehead atoms. The van der Waals surface area contributed by atoms with Crippen molar-refractivity contribution < 1.29 is 4.74 Å². The maximum absolute atomic E-state index is 5.49. The lowest BCUT2D eigenvalue weighted by molar-refractivity contribution is 0.138. The summed E-state index contributed by atoms with van der Waals surface area (Å²) in [6.07, 6.45) is 16.8. The van der Waals surface area contributed by atoms with Gasteiger partial charge in [0.15, 0.2) is 0 Å². The molecule has 0 aliphatic carbocycles. The zero-order chi connectivity index (χ0) is 17.3. The molecular weight excluding hydrogens is 280 g/mol. The molecule has 3 atom stereocenters. The molecule has 3 unspecified atom stereocenters. The van der Waals surface area contributed by atoms with Gasteiger partial charge in [-0.05, 0) is 37.5 Å². The lowest BCUT2D eigenvalue weighted by Crippen LogP contribution is -2.08. The van der Waals surface area contributed by atoms with Crippen LogP contribution in [-0.4, -0.2) is 13.2 Å². The van der Waals surface area contributed by atoms with Crippen LogP contribution in [0.25, 0.3) is 0 Å². The molecular formula is C22H46O. The Bertz CT molecular complexity index is 226. The van der Waals surface area contributed by atoms with Gasteiger partial charge in [-0.25, -0.2) is 0 Å². The van der Waals surface area contributed by atoms with Gasteiger partial charge in [0, 0.05) is 13.2 Å². The quantitative estimate of drug-likeness (QED) is 0.250.